The first-order chi connectivity index (χ1) is 13.1. The number of amides is 1. The summed E-state index contributed by atoms with van der Waals surface area (Å²) in [7, 11) is 2.14. The van der Waals surface area contributed by atoms with E-state index in [1.54, 1.807) is 0 Å². The molecule has 3 aliphatic rings. The SMILES string of the molecule is CN1CCN(CC(=O)N2CCC(O)(c3ccccc3)[C@@H]3CCCC[C@@H]32)CC1. The van der Waals surface area contributed by atoms with Crippen molar-refractivity contribution in [2.24, 2.45) is 5.92 Å². The van der Waals surface area contributed by atoms with E-state index < -0.39 is 5.60 Å². The van der Waals surface area contributed by atoms with Crippen molar-refractivity contribution in [3.63, 3.8) is 0 Å². The second-order valence-electron chi connectivity index (χ2n) is 8.67. The van der Waals surface area contributed by atoms with Crippen molar-refractivity contribution in [3.05, 3.63) is 35.9 Å². The lowest BCUT2D eigenvalue weighted by Crippen LogP contribution is -2.60. The fourth-order valence-corrected chi connectivity index (χ4v) is 5.37. The summed E-state index contributed by atoms with van der Waals surface area (Å²) in [6.45, 7) is 5.20. The van der Waals surface area contributed by atoms with E-state index >= 15 is 0 Å². The number of hydrogen-bond acceptors (Lipinski definition) is 4. The predicted octanol–water partition coefficient (Wildman–Crippen LogP) is 1.91. The van der Waals surface area contributed by atoms with Gasteiger partial charge >= 0.3 is 0 Å². The highest BCUT2D eigenvalue weighted by Gasteiger charge is 2.50. The van der Waals surface area contributed by atoms with Crippen LogP contribution in [0.5, 0.6) is 0 Å². The van der Waals surface area contributed by atoms with Crippen LogP contribution in [-0.2, 0) is 10.4 Å². The van der Waals surface area contributed by atoms with Crippen LogP contribution in [0, 0.1) is 5.92 Å². The first kappa shape index (κ1) is 18.9. The highest BCUT2D eigenvalue weighted by molar-refractivity contribution is 5.79. The Morgan fingerprint density at radius 2 is 1.78 bits per heavy atom. The largest absolute Gasteiger partial charge is 0.385 e. The molecule has 2 aliphatic heterocycles. The molecule has 1 unspecified atom stereocenters. The topological polar surface area (TPSA) is 47.0 Å². The van der Waals surface area contributed by atoms with Crippen molar-refractivity contribution in [3.8, 4) is 0 Å². The van der Waals surface area contributed by atoms with Crippen molar-refractivity contribution in [1.29, 1.82) is 0 Å². The van der Waals surface area contributed by atoms with Gasteiger partial charge < -0.3 is 14.9 Å². The molecule has 0 spiro atoms. The Morgan fingerprint density at radius 1 is 1.07 bits per heavy atom. The predicted molar refractivity (Wildman–Crippen MR) is 106 cm³/mol. The minimum absolute atomic E-state index is 0.152. The zero-order valence-electron chi connectivity index (χ0n) is 16.5. The van der Waals surface area contributed by atoms with Crippen LogP contribution in [0.1, 0.15) is 37.7 Å². The van der Waals surface area contributed by atoms with Gasteiger partial charge in [-0.05, 0) is 31.9 Å². The Bertz CT molecular complexity index is 644. The van der Waals surface area contributed by atoms with Gasteiger partial charge in [0.2, 0.25) is 5.91 Å². The summed E-state index contributed by atoms with van der Waals surface area (Å²) in [5.74, 6) is 0.408. The molecular formula is C22H33N3O2. The van der Waals surface area contributed by atoms with Crippen molar-refractivity contribution in [2.75, 3.05) is 46.3 Å². The minimum Gasteiger partial charge on any atom is -0.385 e. The van der Waals surface area contributed by atoms with Gasteiger partial charge in [0.1, 0.15) is 0 Å². The molecule has 27 heavy (non-hydrogen) atoms. The maximum absolute atomic E-state index is 13.1. The third-order valence-electron chi connectivity index (χ3n) is 7.03. The van der Waals surface area contributed by atoms with Crippen LogP contribution in [0.25, 0.3) is 0 Å². The molecule has 1 saturated carbocycles. The van der Waals surface area contributed by atoms with Gasteiger partial charge in [-0.2, -0.15) is 0 Å². The molecule has 0 bridgehead atoms. The summed E-state index contributed by atoms with van der Waals surface area (Å²) in [6.07, 6.45) is 4.98. The van der Waals surface area contributed by atoms with Gasteiger partial charge in [0.25, 0.3) is 0 Å². The molecule has 2 heterocycles. The monoisotopic (exact) mass is 371 g/mol. The number of fused-ring (bicyclic) bond motifs is 1. The van der Waals surface area contributed by atoms with Crippen molar-refractivity contribution in [2.45, 2.75) is 43.7 Å². The van der Waals surface area contributed by atoms with Crippen LogP contribution >= 0.6 is 0 Å². The van der Waals surface area contributed by atoms with Gasteiger partial charge in [0.15, 0.2) is 0 Å². The Morgan fingerprint density at radius 3 is 2.52 bits per heavy atom. The van der Waals surface area contributed by atoms with Crippen LogP contribution in [-0.4, -0.2) is 78.1 Å². The summed E-state index contributed by atoms with van der Waals surface area (Å²) in [5, 5.41) is 11.6. The maximum atomic E-state index is 13.1. The van der Waals surface area contributed by atoms with E-state index in [2.05, 4.69) is 21.7 Å². The zero-order valence-corrected chi connectivity index (χ0v) is 16.5. The van der Waals surface area contributed by atoms with E-state index in [1.165, 1.54) is 0 Å². The first-order valence-corrected chi connectivity index (χ1v) is 10.6. The maximum Gasteiger partial charge on any atom is 0.237 e. The second-order valence-corrected chi connectivity index (χ2v) is 8.67. The van der Waals surface area contributed by atoms with Crippen molar-refractivity contribution in [1.82, 2.24) is 14.7 Å². The molecule has 4 rings (SSSR count). The number of hydrogen-bond donors (Lipinski definition) is 1. The fourth-order valence-electron chi connectivity index (χ4n) is 5.37. The highest BCUT2D eigenvalue weighted by atomic mass is 16.3. The lowest BCUT2D eigenvalue weighted by Gasteiger charge is -2.53. The summed E-state index contributed by atoms with van der Waals surface area (Å²) in [5.41, 5.74) is 0.227. The van der Waals surface area contributed by atoms with E-state index in [0.717, 1.165) is 57.4 Å². The third-order valence-corrected chi connectivity index (χ3v) is 7.03. The molecule has 0 radical (unpaired) electrons. The summed E-state index contributed by atoms with van der Waals surface area (Å²) in [4.78, 5) is 19.9. The Hall–Kier alpha value is -1.43. The molecule has 3 fully saturated rings. The van der Waals surface area contributed by atoms with Crippen LogP contribution in [0.3, 0.4) is 0 Å². The fraction of sp³-hybridized carbons (Fsp3) is 0.682. The van der Waals surface area contributed by atoms with Crippen LogP contribution in [0.2, 0.25) is 0 Å². The molecule has 2 saturated heterocycles. The number of piperazine rings is 1. The Labute approximate surface area is 162 Å². The van der Waals surface area contributed by atoms with Gasteiger partial charge in [0.05, 0.1) is 12.1 Å². The van der Waals surface area contributed by atoms with Gasteiger partial charge in [0, 0.05) is 44.7 Å². The number of benzene rings is 1. The smallest absolute Gasteiger partial charge is 0.237 e. The molecule has 1 amide bonds. The van der Waals surface area contributed by atoms with Crippen LogP contribution in [0.15, 0.2) is 30.3 Å². The number of likely N-dealkylation sites (tertiary alicyclic amines) is 1. The van der Waals surface area contributed by atoms with E-state index in [4.69, 9.17) is 0 Å². The van der Waals surface area contributed by atoms with Gasteiger partial charge in [-0.15, -0.1) is 0 Å². The molecule has 5 nitrogen and oxygen atoms in total. The number of aliphatic hydroxyl groups is 1. The molecule has 1 N–H and O–H groups in total. The normalized spacial score (nSPS) is 32.9. The lowest BCUT2D eigenvalue weighted by molar-refractivity contribution is -0.156. The average Bonchev–Trinajstić information content (AvgIpc) is 2.71. The highest BCUT2D eigenvalue weighted by Crippen LogP contribution is 2.46. The zero-order chi connectivity index (χ0) is 18.9. The first-order valence-electron chi connectivity index (χ1n) is 10.6. The number of piperidine rings is 1. The van der Waals surface area contributed by atoms with Crippen molar-refractivity contribution >= 4 is 5.91 Å². The Kier molecular flexibility index (Phi) is 5.53. The standard InChI is InChI=1S/C22H33N3O2/c1-23-13-15-24(16-14-23)17-21(26)25-12-11-22(27,18-7-3-2-4-8-18)19-9-5-6-10-20(19)25/h2-4,7-8,19-20,27H,5-6,9-17H2,1H3/t19-,20+,22?/m1/s1. The van der Waals surface area contributed by atoms with Crippen molar-refractivity contribution < 1.29 is 9.90 Å². The molecule has 1 aromatic carbocycles. The van der Waals surface area contributed by atoms with E-state index in [9.17, 15) is 9.90 Å². The molecule has 1 aromatic rings. The minimum atomic E-state index is -0.795. The molecular weight excluding hydrogens is 338 g/mol. The number of nitrogens with zero attached hydrogens (tertiary/aromatic N) is 3. The Balaban J connectivity index is 1.49. The van der Waals surface area contributed by atoms with E-state index in [1.807, 2.05) is 30.3 Å². The molecule has 0 aromatic heterocycles. The molecule has 5 heteroatoms. The van der Waals surface area contributed by atoms with E-state index in [0.29, 0.717) is 19.5 Å². The average molecular weight is 372 g/mol. The number of rotatable bonds is 3. The van der Waals surface area contributed by atoms with Gasteiger partial charge in [-0.25, -0.2) is 0 Å². The summed E-state index contributed by atoms with van der Waals surface area (Å²) in [6, 6.07) is 10.3. The van der Waals surface area contributed by atoms with Gasteiger partial charge in [-0.3, -0.25) is 9.69 Å². The number of likely N-dealkylation sites (N-methyl/N-ethyl adjacent to an activating group) is 1. The van der Waals surface area contributed by atoms with Gasteiger partial charge in [-0.1, -0.05) is 43.2 Å². The summed E-state index contributed by atoms with van der Waals surface area (Å²) < 4.78 is 0. The molecule has 1 aliphatic carbocycles. The van der Waals surface area contributed by atoms with E-state index in [-0.39, 0.29) is 17.9 Å². The quantitative estimate of drug-likeness (QED) is 0.882. The third kappa shape index (κ3) is 3.78. The van der Waals surface area contributed by atoms with Crippen LogP contribution < -0.4 is 0 Å². The summed E-state index contributed by atoms with van der Waals surface area (Å²) >= 11 is 0. The second kappa shape index (κ2) is 7.90. The molecule has 3 atom stereocenters. The molecule has 148 valence electrons. The van der Waals surface area contributed by atoms with Crippen LogP contribution in [0.4, 0.5) is 0 Å². The lowest BCUT2D eigenvalue weighted by atomic mass is 9.66. The number of carbonyl (C=O) groups excluding carboxylic acids is 1. The number of carbonyl (C=O) groups is 1.